The summed E-state index contributed by atoms with van der Waals surface area (Å²) >= 11 is 0. The van der Waals surface area contributed by atoms with Gasteiger partial charge in [0.1, 0.15) is 6.07 Å². The van der Waals surface area contributed by atoms with Crippen molar-refractivity contribution in [3.05, 3.63) is 23.3 Å². The number of carbonyl (C=O) groups is 3. The molecule has 216 valence electrons. The van der Waals surface area contributed by atoms with Crippen molar-refractivity contribution >= 4 is 17.5 Å². The van der Waals surface area contributed by atoms with E-state index in [1.165, 1.54) is 5.57 Å². The predicted molar refractivity (Wildman–Crippen MR) is 155 cm³/mol. The second-order valence-electron chi connectivity index (χ2n) is 16.0. The van der Waals surface area contributed by atoms with Gasteiger partial charge < -0.3 is 4.90 Å². The lowest BCUT2D eigenvalue weighted by Gasteiger charge is -2.69. The Morgan fingerprint density at radius 2 is 1.73 bits per heavy atom. The predicted octanol–water partition coefficient (Wildman–Crippen LogP) is 6.83. The molecule has 0 aromatic heterocycles. The third-order valence-electron chi connectivity index (χ3n) is 13.7. The Bertz CT molecular complexity index is 1270. The summed E-state index contributed by atoms with van der Waals surface area (Å²) in [6.07, 6.45) is 13.9. The Morgan fingerprint density at radius 1 is 1.02 bits per heavy atom. The minimum Gasteiger partial charge on any atom is -0.343 e. The number of carbonyl (C=O) groups excluding carboxylic acids is 3. The molecule has 7 unspecified atom stereocenters. The SMILES string of the molecule is CC1C(=O)C(C#N)=CC2(C)C3=CC(=O)C4C5CC(C)(C)CC[C@]5(CCC(=O)N5CCC5)CCC4(C)C3(C)CCC12. The topological polar surface area (TPSA) is 78.2 Å². The number of fused-ring (bicyclic) bond motifs is 7. The summed E-state index contributed by atoms with van der Waals surface area (Å²) in [6.45, 7) is 15.5. The zero-order valence-corrected chi connectivity index (χ0v) is 25.6. The van der Waals surface area contributed by atoms with E-state index in [0.717, 1.165) is 70.9 Å². The highest BCUT2D eigenvalue weighted by molar-refractivity contribution is 6.02. The molecule has 0 bridgehead atoms. The fourth-order valence-corrected chi connectivity index (χ4v) is 10.9. The summed E-state index contributed by atoms with van der Waals surface area (Å²) in [6, 6.07) is 2.19. The molecule has 4 fully saturated rings. The largest absolute Gasteiger partial charge is 0.343 e. The van der Waals surface area contributed by atoms with Crippen LogP contribution in [0.5, 0.6) is 0 Å². The molecule has 1 amide bonds. The summed E-state index contributed by atoms with van der Waals surface area (Å²) in [5.74, 6) is 0.661. The Kier molecular flexibility index (Phi) is 6.21. The summed E-state index contributed by atoms with van der Waals surface area (Å²) in [4.78, 5) is 42.5. The van der Waals surface area contributed by atoms with Crippen LogP contribution in [0.2, 0.25) is 0 Å². The minimum atomic E-state index is -0.459. The van der Waals surface area contributed by atoms with Gasteiger partial charge in [0.25, 0.3) is 0 Å². The maximum atomic E-state index is 14.6. The van der Waals surface area contributed by atoms with Gasteiger partial charge in [0.05, 0.1) is 5.57 Å². The van der Waals surface area contributed by atoms with Crippen molar-refractivity contribution in [1.29, 1.82) is 5.26 Å². The molecule has 0 aromatic rings. The van der Waals surface area contributed by atoms with Crippen LogP contribution >= 0.6 is 0 Å². The fourth-order valence-electron chi connectivity index (χ4n) is 10.9. The quantitative estimate of drug-likeness (QED) is 0.390. The summed E-state index contributed by atoms with van der Waals surface area (Å²) < 4.78 is 0. The minimum absolute atomic E-state index is 0.0416. The third-order valence-corrected chi connectivity index (χ3v) is 13.7. The van der Waals surface area contributed by atoms with Gasteiger partial charge in [-0.3, -0.25) is 14.4 Å². The van der Waals surface area contributed by atoms with Crippen LogP contribution in [0.1, 0.15) is 106 Å². The first-order chi connectivity index (χ1) is 18.7. The van der Waals surface area contributed by atoms with Gasteiger partial charge in [-0.05, 0) is 97.4 Å². The van der Waals surface area contributed by atoms with E-state index >= 15 is 0 Å². The van der Waals surface area contributed by atoms with Crippen molar-refractivity contribution in [3.8, 4) is 6.07 Å². The van der Waals surface area contributed by atoms with Gasteiger partial charge >= 0.3 is 0 Å². The zero-order chi connectivity index (χ0) is 28.9. The molecular weight excluding hydrogens is 496 g/mol. The lowest BCUT2D eigenvalue weighted by molar-refractivity contribution is -0.172. The lowest BCUT2D eigenvalue weighted by Crippen LogP contribution is -2.64. The van der Waals surface area contributed by atoms with Crippen LogP contribution in [0.3, 0.4) is 0 Å². The molecule has 5 heteroatoms. The van der Waals surface area contributed by atoms with Crippen LogP contribution < -0.4 is 0 Å². The maximum absolute atomic E-state index is 14.6. The van der Waals surface area contributed by atoms with Crippen molar-refractivity contribution < 1.29 is 14.4 Å². The first kappa shape index (κ1) is 27.9. The molecule has 1 aliphatic heterocycles. The summed E-state index contributed by atoms with van der Waals surface area (Å²) in [5.41, 5.74) is 0.859. The van der Waals surface area contributed by atoms with E-state index < -0.39 is 5.41 Å². The van der Waals surface area contributed by atoms with Crippen LogP contribution in [0, 0.1) is 62.1 Å². The number of amides is 1. The average Bonchev–Trinajstić information content (AvgIpc) is 2.85. The van der Waals surface area contributed by atoms with E-state index in [0.29, 0.717) is 12.3 Å². The van der Waals surface area contributed by atoms with E-state index in [-0.39, 0.29) is 62.5 Å². The van der Waals surface area contributed by atoms with Gasteiger partial charge in [0.15, 0.2) is 11.6 Å². The van der Waals surface area contributed by atoms with Crippen molar-refractivity contribution in [2.45, 2.75) is 106 Å². The first-order valence-corrected chi connectivity index (χ1v) is 15.9. The molecule has 5 aliphatic carbocycles. The second kappa shape index (κ2) is 8.89. The number of likely N-dealkylation sites (tertiary alicyclic amines) is 1. The van der Waals surface area contributed by atoms with Crippen molar-refractivity contribution in [1.82, 2.24) is 4.90 Å². The number of ketones is 2. The third kappa shape index (κ3) is 3.66. The molecule has 1 saturated heterocycles. The number of hydrogen-bond acceptors (Lipinski definition) is 4. The van der Waals surface area contributed by atoms with E-state index in [1.54, 1.807) is 0 Å². The van der Waals surface area contributed by atoms with Gasteiger partial charge in [0.2, 0.25) is 5.91 Å². The standard InChI is InChI=1S/C35H48N2O3/c1-22-24-8-10-33(5)27(32(24,4)19-23(21-36)30(22)40)18-26(38)29-25-20-31(2,3)12-14-35(25,15-13-34(29,33)6)11-9-28(39)37-16-7-17-37/h18-19,22,24-25,29H,7-17,20H2,1-6H3/t22?,24?,25?,29?,32?,33?,34?,35-/m1/s1. The zero-order valence-electron chi connectivity index (χ0n) is 25.6. The van der Waals surface area contributed by atoms with Crippen molar-refractivity contribution in [3.63, 3.8) is 0 Å². The number of Topliss-reactive ketones (excluding diaryl/α,β-unsaturated/α-hetero) is 1. The lowest BCUT2D eigenvalue weighted by atomic mass is 9.34. The average molecular weight is 545 g/mol. The van der Waals surface area contributed by atoms with Crippen LogP contribution in [-0.2, 0) is 14.4 Å². The molecule has 6 aliphatic rings. The molecule has 0 aromatic carbocycles. The van der Waals surface area contributed by atoms with Crippen molar-refractivity contribution in [2.24, 2.45) is 50.7 Å². The summed E-state index contributed by atoms with van der Waals surface area (Å²) in [5, 5.41) is 9.83. The number of allylic oxidation sites excluding steroid dienone is 4. The van der Waals surface area contributed by atoms with E-state index in [2.05, 4.69) is 40.7 Å². The van der Waals surface area contributed by atoms with E-state index in [4.69, 9.17) is 0 Å². The van der Waals surface area contributed by atoms with Gasteiger partial charge in [-0.2, -0.15) is 5.26 Å². The Hall–Kier alpha value is -2.22. The number of rotatable bonds is 3. The van der Waals surface area contributed by atoms with Crippen molar-refractivity contribution in [2.75, 3.05) is 13.1 Å². The highest BCUT2D eigenvalue weighted by Crippen LogP contribution is 2.74. The van der Waals surface area contributed by atoms with Crippen LogP contribution in [0.4, 0.5) is 0 Å². The highest BCUT2D eigenvalue weighted by Gasteiger charge is 2.68. The van der Waals surface area contributed by atoms with Gasteiger partial charge in [0, 0.05) is 36.8 Å². The second-order valence-corrected chi connectivity index (χ2v) is 16.0. The number of nitriles is 1. The molecule has 8 atom stereocenters. The fraction of sp³-hybridized carbons (Fsp3) is 0.771. The normalized spacial score (nSPS) is 45.5. The first-order valence-electron chi connectivity index (χ1n) is 15.9. The number of nitrogens with zero attached hydrogens (tertiary/aromatic N) is 2. The van der Waals surface area contributed by atoms with Crippen LogP contribution in [0.15, 0.2) is 23.3 Å². The van der Waals surface area contributed by atoms with Crippen LogP contribution in [-0.4, -0.2) is 35.5 Å². The molecule has 40 heavy (non-hydrogen) atoms. The highest BCUT2D eigenvalue weighted by atomic mass is 16.2. The molecule has 6 rings (SSSR count). The smallest absolute Gasteiger partial charge is 0.222 e. The molecular formula is C35H48N2O3. The maximum Gasteiger partial charge on any atom is 0.222 e. The van der Waals surface area contributed by atoms with E-state index in [9.17, 15) is 19.6 Å². The Labute approximate surface area is 240 Å². The molecule has 1 heterocycles. The van der Waals surface area contributed by atoms with Gasteiger partial charge in [-0.1, -0.05) is 53.2 Å². The number of hydrogen-bond donors (Lipinski definition) is 0. The monoisotopic (exact) mass is 544 g/mol. The van der Waals surface area contributed by atoms with Gasteiger partial charge in [-0.15, -0.1) is 0 Å². The molecule has 0 N–H and O–H groups in total. The molecule has 0 spiro atoms. The van der Waals surface area contributed by atoms with E-state index in [1.807, 2.05) is 24.0 Å². The Balaban J connectivity index is 1.42. The Morgan fingerprint density at radius 3 is 2.38 bits per heavy atom. The molecule has 5 nitrogen and oxygen atoms in total. The molecule has 3 saturated carbocycles. The summed E-state index contributed by atoms with van der Waals surface area (Å²) in [7, 11) is 0. The molecule has 0 radical (unpaired) electrons. The van der Waals surface area contributed by atoms with Crippen LogP contribution in [0.25, 0.3) is 0 Å². The van der Waals surface area contributed by atoms with Gasteiger partial charge in [-0.25, -0.2) is 0 Å².